The van der Waals surface area contributed by atoms with Gasteiger partial charge in [0.1, 0.15) is 0 Å². The minimum atomic E-state index is -0.691. The Hall–Kier alpha value is -0.610. The van der Waals surface area contributed by atoms with E-state index in [-0.39, 0.29) is 18.4 Å². The first-order valence-electron chi connectivity index (χ1n) is 6.81. The molecule has 0 amide bonds. The molecule has 0 radical (unpaired) electrons. The van der Waals surface area contributed by atoms with Crippen molar-refractivity contribution < 1.29 is 9.90 Å². The number of hydrogen-bond acceptors (Lipinski definition) is 3. The maximum atomic E-state index is 10.8. The Kier molecular flexibility index (Phi) is 4.05. The highest BCUT2D eigenvalue weighted by atomic mass is 16.4. The molecule has 1 saturated carbocycles. The minimum absolute atomic E-state index is 0.154. The number of aliphatic carboxylic acids is 1. The third-order valence-corrected chi connectivity index (χ3v) is 4.11. The van der Waals surface area contributed by atoms with Crippen LogP contribution in [0.15, 0.2) is 0 Å². The zero-order valence-electron chi connectivity index (χ0n) is 10.6. The first-order valence-corrected chi connectivity index (χ1v) is 6.81. The fourth-order valence-electron chi connectivity index (χ4n) is 3.32. The van der Waals surface area contributed by atoms with Crippen LogP contribution in [0.2, 0.25) is 0 Å². The molecular weight excluding hydrogens is 216 g/mol. The SMILES string of the molecule is CCC(C1CC1)N1CC(N)CC(CC(=O)O)C1. The van der Waals surface area contributed by atoms with Gasteiger partial charge in [-0.15, -0.1) is 0 Å². The second kappa shape index (κ2) is 5.36. The second-order valence-electron chi connectivity index (χ2n) is 5.73. The standard InChI is InChI=1S/C13H24N2O2/c1-2-12(10-3-4-10)15-7-9(6-13(16)17)5-11(14)8-15/h9-12H,2-8,14H2,1H3,(H,16,17). The largest absolute Gasteiger partial charge is 0.481 e. The molecule has 1 aliphatic heterocycles. The summed E-state index contributed by atoms with van der Waals surface area (Å²) < 4.78 is 0. The average Bonchev–Trinajstić information content (AvgIpc) is 3.01. The van der Waals surface area contributed by atoms with Crippen molar-refractivity contribution in [1.82, 2.24) is 4.90 Å². The van der Waals surface area contributed by atoms with Gasteiger partial charge in [-0.05, 0) is 37.5 Å². The summed E-state index contributed by atoms with van der Waals surface area (Å²) >= 11 is 0. The minimum Gasteiger partial charge on any atom is -0.481 e. The molecule has 1 aliphatic carbocycles. The van der Waals surface area contributed by atoms with Gasteiger partial charge in [-0.25, -0.2) is 0 Å². The van der Waals surface area contributed by atoms with Crippen molar-refractivity contribution in [3.05, 3.63) is 0 Å². The molecule has 4 nitrogen and oxygen atoms in total. The molecule has 3 unspecified atom stereocenters. The number of likely N-dealkylation sites (tertiary alicyclic amines) is 1. The number of nitrogens with zero attached hydrogens (tertiary/aromatic N) is 1. The van der Waals surface area contributed by atoms with E-state index in [0.29, 0.717) is 6.04 Å². The zero-order valence-corrected chi connectivity index (χ0v) is 10.6. The van der Waals surface area contributed by atoms with Crippen LogP contribution in [0.4, 0.5) is 0 Å². The molecule has 98 valence electrons. The van der Waals surface area contributed by atoms with E-state index in [1.165, 1.54) is 12.8 Å². The molecule has 1 saturated heterocycles. The summed E-state index contributed by atoms with van der Waals surface area (Å²) in [5, 5.41) is 8.90. The molecule has 17 heavy (non-hydrogen) atoms. The predicted molar refractivity (Wildman–Crippen MR) is 66.7 cm³/mol. The molecule has 0 aromatic heterocycles. The summed E-state index contributed by atoms with van der Waals surface area (Å²) in [7, 11) is 0. The van der Waals surface area contributed by atoms with Gasteiger partial charge < -0.3 is 10.8 Å². The monoisotopic (exact) mass is 240 g/mol. The lowest BCUT2D eigenvalue weighted by atomic mass is 9.90. The van der Waals surface area contributed by atoms with Crippen molar-refractivity contribution in [2.24, 2.45) is 17.6 Å². The number of rotatable bonds is 5. The fourth-order valence-corrected chi connectivity index (χ4v) is 3.32. The van der Waals surface area contributed by atoms with Gasteiger partial charge in [-0.3, -0.25) is 9.69 Å². The van der Waals surface area contributed by atoms with E-state index in [4.69, 9.17) is 10.8 Å². The fraction of sp³-hybridized carbons (Fsp3) is 0.923. The lowest BCUT2D eigenvalue weighted by Crippen LogP contribution is -2.51. The van der Waals surface area contributed by atoms with E-state index in [1.54, 1.807) is 0 Å². The van der Waals surface area contributed by atoms with E-state index in [0.717, 1.165) is 31.8 Å². The Labute approximate surface area is 103 Å². The molecule has 0 aromatic carbocycles. The average molecular weight is 240 g/mol. The summed E-state index contributed by atoms with van der Waals surface area (Å²) in [6, 6.07) is 0.790. The Morgan fingerprint density at radius 1 is 1.47 bits per heavy atom. The second-order valence-corrected chi connectivity index (χ2v) is 5.73. The number of hydrogen-bond donors (Lipinski definition) is 2. The number of carboxylic acids is 1. The van der Waals surface area contributed by atoms with Crippen LogP contribution < -0.4 is 5.73 Å². The summed E-state index contributed by atoms with van der Waals surface area (Å²) in [5.41, 5.74) is 6.07. The first-order chi connectivity index (χ1) is 8.10. The first kappa shape index (κ1) is 12.8. The van der Waals surface area contributed by atoms with Crippen molar-refractivity contribution in [2.75, 3.05) is 13.1 Å². The highest BCUT2D eigenvalue weighted by Gasteiger charge is 2.37. The predicted octanol–water partition coefficient (Wildman–Crippen LogP) is 1.30. The van der Waals surface area contributed by atoms with Crippen molar-refractivity contribution in [2.45, 2.75) is 51.1 Å². The molecule has 1 heterocycles. The van der Waals surface area contributed by atoms with Gasteiger partial charge in [-0.1, -0.05) is 6.92 Å². The summed E-state index contributed by atoms with van der Waals surface area (Å²) in [6.07, 6.45) is 4.98. The Bertz CT molecular complexity index is 279. The third-order valence-electron chi connectivity index (χ3n) is 4.11. The van der Waals surface area contributed by atoms with Crippen LogP contribution in [-0.2, 0) is 4.79 Å². The van der Waals surface area contributed by atoms with Crippen LogP contribution in [0.25, 0.3) is 0 Å². The smallest absolute Gasteiger partial charge is 0.303 e. The quantitative estimate of drug-likeness (QED) is 0.760. The van der Waals surface area contributed by atoms with Crippen LogP contribution in [0, 0.1) is 11.8 Å². The van der Waals surface area contributed by atoms with E-state index in [9.17, 15) is 4.79 Å². The van der Waals surface area contributed by atoms with Gasteiger partial charge in [0.05, 0.1) is 0 Å². The van der Waals surface area contributed by atoms with Crippen molar-refractivity contribution in [3.63, 3.8) is 0 Å². The molecule has 3 N–H and O–H groups in total. The zero-order chi connectivity index (χ0) is 12.4. The molecule has 0 bridgehead atoms. The normalized spacial score (nSPS) is 32.4. The molecule has 2 fully saturated rings. The van der Waals surface area contributed by atoms with Crippen molar-refractivity contribution in [3.8, 4) is 0 Å². The van der Waals surface area contributed by atoms with Gasteiger partial charge in [0.15, 0.2) is 0 Å². The van der Waals surface area contributed by atoms with Crippen LogP contribution in [0.1, 0.15) is 39.0 Å². The number of nitrogens with two attached hydrogens (primary N) is 1. The highest BCUT2D eigenvalue weighted by molar-refractivity contribution is 5.67. The van der Waals surface area contributed by atoms with Gasteiger partial charge >= 0.3 is 5.97 Å². The Morgan fingerprint density at radius 2 is 2.18 bits per heavy atom. The van der Waals surface area contributed by atoms with E-state index >= 15 is 0 Å². The Morgan fingerprint density at radius 3 is 2.71 bits per heavy atom. The van der Waals surface area contributed by atoms with Gasteiger partial charge in [0, 0.05) is 31.6 Å². The third kappa shape index (κ3) is 3.42. The summed E-state index contributed by atoms with van der Waals surface area (Å²) in [4.78, 5) is 13.3. The van der Waals surface area contributed by atoms with Gasteiger partial charge in [-0.2, -0.15) is 0 Å². The van der Waals surface area contributed by atoms with Gasteiger partial charge in [0.25, 0.3) is 0 Å². The van der Waals surface area contributed by atoms with Crippen LogP contribution in [0.5, 0.6) is 0 Å². The van der Waals surface area contributed by atoms with Crippen molar-refractivity contribution in [1.29, 1.82) is 0 Å². The van der Waals surface area contributed by atoms with Crippen LogP contribution in [-0.4, -0.2) is 41.1 Å². The highest BCUT2D eigenvalue weighted by Crippen LogP contribution is 2.38. The molecule has 2 aliphatic rings. The van der Waals surface area contributed by atoms with E-state index in [2.05, 4.69) is 11.8 Å². The van der Waals surface area contributed by atoms with Crippen molar-refractivity contribution >= 4 is 5.97 Å². The molecule has 2 rings (SSSR count). The molecule has 3 atom stereocenters. The number of carbonyl (C=O) groups is 1. The topological polar surface area (TPSA) is 66.6 Å². The molecule has 0 aromatic rings. The Balaban J connectivity index is 1.94. The maximum Gasteiger partial charge on any atom is 0.303 e. The maximum absolute atomic E-state index is 10.8. The van der Waals surface area contributed by atoms with Crippen LogP contribution in [0.3, 0.4) is 0 Å². The van der Waals surface area contributed by atoms with Crippen LogP contribution >= 0.6 is 0 Å². The summed E-state index contributed by atoms with van der Waals surface area (Å²) in [6.45, 7) is 4.11. The molecule has 4 heteroatoms. The van der Waals surface area contributed by atoms with Gasteiger partial charge in [0.2, 0.25) is 0 Å². The lowest BCUT2D eigenvalue weighted by Gasteiger charge is -2.40. The molecule has 0 spiro atoms. The summed E-state index contributed by atoms with van der Waals surface area (Å²) in [5.74, 6) is 0.392. The molecular formula is C13H24N2O2. The van der Waals surface area contributed by atoms with E-state index < -0.39 is 5.97 Å². The van der Waals surface area contributed by atoms with E-state index in [1.807, 2.05) is 0 Å². The number of carboxylic acid groups (broad SMARTS) is 1. The lowest BCUT2D eigenvalue weighted by molar-refractivity contribution is -0.138. The number of piperidine rings is 1.